The van der Waals surface area contributed by atoms with Gasteiger partial charge >= 0.3 is 0 Å². The largest absolute Gasteiger partial charge is 0.316 e. The van der Waals surface area contributed by atoms with E-state index < -0.39 is 10.0 Å². The Labute approximate surface area is 115 Å². The van der Waals surface area contributed by atoms with Crippen LogP contribution in [0.3, 0.4) is 0 Å². The quantitative estimate of drug-likeness (QED) is 0.866. The van der Waals surface area contributed by atoms with Gasteiger partial charge in [-0.2, -0.15) is 4.31 Å². The van der Waals surface area contributed by atoms with E-state index in [0.29, 0.717) is 24.5 Å². The molecule has 1 aromatic rings. The van der Waals surface area contributed by atoms with Crippen molar-refractivity contribution >= 4 is 10.0 Å². The van der Waals surface area contributed by atoms with Crippen LogP contribution in [0, 0.1) is 0 Å². The highest BCUT2D eigenvalue weighted by atomic mass is 32.2. The molecule has 106 valence electrons. The van der Waals surface area contributed by atoms with Crippen LogP contribution in [0.1, 0.15) is 5.56 Å². The van der Waals surface area contributed by atoms with Crippen molar-refractivity contribution in [3.05, 3.63) is 29.8 Å². The van der Waals surface area contributed by atoms with Crippen molar-refractivity contribution in [2.24, 2.45) is 0 Å². The number of nitrogens with one attached hydrogen (secondary N) is 1. The van der Waals surface area contributed by atoms with Crippen molar-refractivity contribution in [3.8, 4) is 0 Å². The molecule has 1 fully saturated rings. The van der Waals surface area contributed by atoms with E-state index in [0.717, 1.165) is 18.7 Å². The first-order valence-corrected chi connectivity index (χ1v) is 7.91. The van der Waals surface area contributed by atoms with Gasteiger partial charge in [0.15, 0.2) is 0 Å². The van der Waals surface area contributed by atoms with Crippen LogP contribution in [-0.4, -0.2) is 57.9 Å². The number of rotatable bonds is 4. The summed E-state index contributed by atoms with van der Waals surface area (Å²) in [5.74, 6) is 0. The van der Waals surface area contributed by atoms with E-state index in [-0.39, 0.29) is 0 Å². The molecule has 1 heterocycles. The topological polar surface area (TPSA) is 52.7 Å². The summed E-state index contributed by atoms with van der Waals surface area (Å²) in [6.07, 6.45) is 0. The monoisotopic (exact) mass is 283 g/mol. The molecule has 1 N–H and O–H groups in total. The summed E-state index contributed by atoms with van der Waals surface area (Å²) in [6.45, 7) is 3.25. The first-order chi connectivity index (χ1) is 9.05. The molecule has 0 radical (unpaired) electrons. The Morgan fingerprint density at radius 1 is 1.16 bits per heavy atom. The molecule has 0 saturated carbocycles. The molecular weight excluding hydrogens is 262 g/mol. The second-order valence-electron chi connectivity index (χ2n) is 4.85. The van der Waals surface area contributed by atoms with Gasteiger partial charge in [0.2, 0.25) is 10.0 Å². The van der Waals surface area contributed by atoms with E-state index >= 15 is 0 Å². The zero-order valence-electron chi connectivity index (χ0n) is 11.5. The number of hydrogen-bond donors (Lipinski definition) is 1. The van der Waals surface area contributed by atoms with E-state index in [1.807, 2.05) is 26.2 Å². The Morgan fingerprint density at radius 2 is 1.79 bits per heavy atom. The lowest BCUT2D eigenvalue weighted by molar-refractivity contribution is 0.222. The summed E-state index contributed by atoms with van der Waals surface area (Å²) in [5, 5.41) is 3.02. The molecular formula is C13H21N3O2S. The van der Waals surface area contributed by atoms with Crippen LogP contribution in [0.15, 0.2) is 29.2 Å². The predicted octanol–water partition coefficient (Wildman–Crippen LogP) is 0.342. The van der Waals surface area contributed by atoms with Gasteiger partial charge in [0.05, 0.1) is 4.90 Å². The number of nitrogens with zero attached hydrogens (tertiary/aromatic N) is 2. The lowest BCUT2D eigenvalue weighted by Crippen LogP contribution is -2.47. The molecule has 0 bridgehead atoms. The zero-order chi connectivity index (χ0) is 13.9. The summed E-state index contributed by atoms with van der Waals surface area (Å²) < 4.78 is 26.9. The maximum Gasteiger partial charge on any atom is 0.243 e. The van der Waals surface area contributed by atoms with Crippen LogP contribution in [0.2, 0.25) is 0 Å². The molecule has 0 atom stereocenters. The fourth-order valence-corrected chi connectivity index (χ4v) is 3.90. The molecule has 5 nitrogen and oxygen atoms in total. The molecule has 1 aliphatic rings. The third-order valence-corrected chi connectivity index (χ3v) is 5.42. The average molecular weight is 283 g/mol. The molecule has 0 aromatic heterocycles. The molecule has 0 unspecified atom stereocenters. The van der Waals surface area contributed by atoms with Crippen LogP contribution in [-0.2, 0) is 16.6 Å². The summed E-state index contributed by atoms with van der Waals surface area (Å²) in [7, 11) is 0.460. The Bertz CT molecular complexity index is 522. The Morgan fingerprint density at radius 3 is 2.42 bits per heavy atom. The van der Waals surface area contributed by atoms with E-state index in [9.17, 15) is 8.42 Å². The van der Waals surface area contributed by atoms with Crippen molar-refractivity contribution in [2.45, 2.75) is 11.4 Å². The van der Waals surface area contributed by atoms with Crippen molar-refractivity contribution in [2.75, 3.05) is 40.3 Å². The molecule has 0 aliphatic carbocycles. The first kappa shape index (κ1) is 14.5. The van der Waals surface area contributed by atoms with Gasteiger partial charge in [-0.25, -0.2) is 8.42 Å². The maximum absolute atomic E-state index is 12.7. The van der Waals surface area contributed by atoms with Crippen LogP contribution in [0.25, 0.3) is 0 Å². The van der Waals surface area contributed by atoms with Crippen LogP contribution >= 0.6 is 0 Å². The summed E-state index contributed by atoms with van der Waals surface area (Å²) in [6, 6.07) is 7.21. The molecule has 19 heavy (non-hydrogen) atoms. The Hall–Kier alpha value is -0.950. The third-order valence-electron chi connectivity index (χ3n) is 3.42. The van der Waals surface area contributed by atoms with Crippen LogP contribution in [0.4, 0.5) is 0 Å². The van der Waals surface area contributed by atoms with E-state index in [1.54, 1.807) is 16.4 Å². The normalized spacial score (nSPS) is 18.6. The van der Waals surface area contributed by atoms with Gasteiger partial charge in [0.25, 0.3) is 0 Å². The van der Waals surface area contributed by atoms with Gasteiger partial charge in [-0.1, -0.05) is 18.2 Å². The second kappa shape index (κ2) is 6.00. The van der Waals surface area contributed by atoms with E-state index in [4.69, 9.17) is 0 Å². The fourth-order valence-electron chi connectivity index (χ4n) is 2.26. The van der Waals surface area contributed by atoms with Crippen molar-refractivity contribution in [1.29, 1.82) is 0 Å². The minimum Gasteiger partial charge on any atom is -0.316 e. The smallest absolute Gasteiger partial charge is 0.243 e. The molecule has 2 rings (SSSR count). The molecule has 1 aliphatic heterocycles. The highest BCUT2D eigenvalue weighted by molar-refractivity contribution is 7.89. The number of piperazine rings is 1. The first-order valence-electron chi connectivity index (χ1n) is 6.47. The standard InChI is InChI=1S/C13H21N3O2S/c1-14-11-12-5-3-4-6-13(12)19(17,18)16-9-7-15(2)8-10-16/h3-6,14H,7-11H2,1-2H3. The molecule has 1 saturated heterocycles. The van der Waals surface area contributed by atoms with Gasteiger partial charge in [0.1, 0.15) is 0 Å². The summed E-state index contributed by atoms with van der Waals surface area (Å²) >= 11 is 0. The molecule has 1 aromatic carbocycles. The highest BCUT2D eigenvalue weighted by Gasteiger charge is 2.28. The van der Waals surface area contributed by atoms with Crippen LogP contribution in [0.5, 0.6) is 0 Å². The second-order valence-corrected chi connectivity index (χ2v) is 6.75. The predicted molar refractivity (Wildman–Crippen MR) is 75.5 cm³/mol. The molecule has 0 spiro atoms. The van der Waals surface area contributed by atoms with Crippen LogP contribution < -0.4 is 5.32 Å². The van der Waals surface area contributed by atoms with E-state index in [2.05, 4.69) is 10.2 Å². The average Bonchev–Trinajstić information content (AvgIpc) is 2.40. The van der Waals surface area contributed by atoms with Crippen molar-refractivity contribution in [1.82, 2.24) is 14.5 Å². The number of sulfonamides is 1. The van der Waals surface area contributed by atoms with Gasteiger partial charge in [-0.15, -0.1) is 0 Å². The number of hydrogen-bond acceptors (Lipinski definition) is 4. The lowest BCUT2D eigenvalue weighted by Gasteiger charge is -2.32. The molecule has 6 heteroatoms. The SMILES string of the molecule is CNCc1ccccc1S(=O)(=O)N1CCN(C)CC1. The number of benzene rings is 1. The maximum atomic E-state index is 12.7. The Balaban J connectivity index is 2.29. The summed E-state index contributed by atoms with van der Waals surface area (Å²) in [4.78, 5) is 2.57. The summed E-state index contributed by atoms with van der Waals surface area (Å²) in [5.41, 5.74) is 0.823. The minimum atomic E-state index is -3.37. The van der Waals surface area contributed by atoms with Gasteiger partial charge < -0.3 is 10.2 Å². The zero-order valence-corrected chi connectivity index (χ0v) is 12.3. The van der Waals surface area contributed by atoms with Crippen molar-refractivity contribution in [3.63, 3.8) is 0 Å². The minimum absolute atomic E-state index is 0.425. The van der Waals surface area contributed by atoms with Gasteiger partial charge in [-0.05, 0) is 25.7 Å². The van der Waals surface area contributed by atoms with Gasteiger partial charge in [0, 0.05) is 32.7 Å². The highest BCUT2D eigenvalue weighted by Crippen LogP contribution is 2.21. The van der Waals surface area contributed by atoms with Crippen molar-refractivity contribution < 1.29 is 8.42 Å². The fraction of sp³-hybridized carbons (Fsp3) is 0.538. The third kappa shape index (κ3) is 3.14. The van der Waals surface area contributed by atoms with E-state index in [1.165, 1.54) is 0 Å². The number of likely N-dealkylation sites (N-methyl/N-ethyl adjacent to an activating group) is 1. The molecule has 0 amide bonds. The lowest BCUT2D eigenvalue weighted by atomic mass is 10.2. The van der Waals surface area contributed by atoms with Gasteiger partial charge in [-0.3, -0.25) is 0 Å². The Kier molecular flexibility index (Phi) is 4.57.